The molecular formula is C26H23FN6O2. The third kappa shape index (κ3) is 4.48. The largest absolute Gasteiger partial charge is 0.497 e. The highest BCUT2D eigenvalue weighted by Gasteiger charge is 2.16. The van der Waals surface area contributed by atoms with Gasteiger partial charge in [-0.2, -0.15) is 4.68 Å². The van der Waals surface area contributed by atoms with Crippen molar-refractivity contribution in [3.63, 3.8) is 0 Å². The summed E-state index contributed by atoms with van der Waals surface area (Å²) in [6, 6.07) is 20.1. The molecule has 0 aliphatic carbocycles. The Morgan fingerprint density at radius 1 is 1.11 bits per heavy atom. The lowest BCUT2D eigenvalue weighted by molar-refractivity contribution is -0.116. The molecule has 0 spiro atoms. The van der Waals surface area contributed by atoms with Crippen LogP contribution in [0, 0.1) is 12.7 Å². The second kappa shape index (κ2) is 9.38. The van der Waals surface area contributed by atoms with Crippen LogP contribution in [0.2, 0.25) is 0 Å². The van der Waals surface area contributed by atoms with E-state index in [9.17, 15) is 9.18 Å². The molecule has 0 saturated heterocycles. The zero-order chi connectivity index (χ0) is 24.4. The number of aromatic amines is 1. The summed E-state index contributed by atoms with van der Waals surface area (Å²) in [5, 5.41) is 15.1. The van der Waals surface area contributed by atoms with Crippen LogP contribution in [-0.4, -0.2) is 38.2 Å². The second-order valence-electron chi connectivity index (χ2n) is 8.10. The first-order chi connectivity index (χ1) is 17.0. The van der Waals surface area contributed by atoms with Crippen molar-refractivity contribution in [2.75, 3.05) is 12.4 Å². The van der Waals surface area contributed by atoms with E-state index in [2.05, 4.69) is 25.8 Å². The van der Waals surface area contributed by atoms with E-state index >= 15 is 0 Å². The van der Waals surface area contributed by atoms with E-state index in [-0.39, 0.29) is 18.0 Å². The number of ether oxygens (including phenoxy) is 1. The average molecular weight is 471 g/mol. The number of rotatable bonds is 7. The number of carbonyl (C=O) groups excluding carboxylic acids is 1. The van der Waals surface area contributed by atoms with E-state index in [1.54, 1.807) is 20.1 Å². The lowest BCUT2D eigenvalue weighted by atomic mass is 10.0. The van der Waals surface area contributed by atoms with Crippen LogP contribution in [0.15, 0.2) is 66.7 Å². The standard InChI is InChI=1S/C26H23FN6O2/c1-16-30-31-32-33(16)18-9-13-22(27)24(15-18)28-25(34)14-12-21-20-5-3-4-6-23(20)29-26(21)17-7-10-19(35-2)11-8-17/h3-11,13,15,29H,12,14H2,1-2H3,(H,28,34). The fraction of sp³-hybridized carbons (Fsp3) is 0.154. The first-order valence-corrected chi connectivity index (χ1v) is 11.1. The van der Waals surface area contributed by atoms with Gasteiger partial charge in [0.15, 0.2) is 5.82 Å². The minimum atomic E-state index is -0.529. The van der Waals surface area contributed by atoms with Crippen molar-refractivity contribution in [1.29, 1.82) is 0 Å². The van der Waals surface area contributed by atoms with Crippen molar-refractivity contribution in [3.8, 4) is 22.7 Å². The number of aromatic nitrogens is 5. The molecule has 0 radical (unpaired) electrons. The van der Waals surface area contributed by atoms with Gasteiger partial charge in [-0.25, -0.2) is 4.39 Å². The number of anilines is 1. The van der Waals surface area contributed by atoms with Gasteiger partial charge in [-0.15, -0.1) is 5.10 Å². The van der Waals surface area contributed by atoms with E-state index in [4.69, 9.17) is 4.74 Å². The topological polar surface area (TPSA) is 97.7 Å². The van der Waals surface area contributed by atoms with Gasteiger partial charge in [0.2, 0.25) is 5.91 Å². The predicted molar refractivity (Wildman–Crippen MR) is 131 cm³/mol. The third-order valence-corrected chi connectivity index (χ3v) is 5.89. The van der Waals surface area contributed by atoms with Crippen LogP contribution in [0.3, 0.4) is 0 Å². The Labute approximate surface area is 200 Å². The van der Waals surface area contributed by atoms with Crippen LogP contribution in [-0.2, 0) is 11.2 Å². The number of hydrogen-bond donors (Lipinski definition) is 2. The monoisotopic (exact) mass is 470 g/mol. The smallest absolute Gasteiger partial charge is 0.224 e. The zero-order valence-corrected chi connectivity index (χ0v) is 19.2. The first kappa shape index (κ1) is 22.3. The summed E-state index contributed by atoms with van der Waals surface area (Å²) >= 11 is 0. The maximum atomic E-state index is 14.5. The van der Waals surface area contributed by atoms with Crippen LogP contribution in [0.25, 0.3) is 27.8 Å². The molecule has 0 atom stereocenters. The molecule has 176 valence electrons. The van der Waals surface area contributed by atoms with Gasteiger partial charge in [-0.05, 0) is 83.4 Å². The number of carbonyl (C=O) groups is 1. The Hall–Kier alpha value is -4.53. The molecule has 0 unspecified atom stereocenters. The number of H-pyrrole nitrogens is 1. The Kier molecular flexibility index (Phi) is 5.97. The fourth-order valence-corrected chi connectivity index (χ4v) is 4.13. The highest BCUT2D eigenvalue weighted by atomic mass is 19.1. The zero-order valence-electron chi connectivity index (χ0n) is 19.2. The van der Waals surface area contributed by atoms with Crippen molar-refractivity contribution in [2.45, 2.75) is 19.8 Å². The fourth-order valence-electron chi connectivity index (χ4n) is 4.13. The molecule has 9 heteroatoms. The first-order valence-electron chi connectivity index (χ1n) is 11.1. The van der Waals surface area contributed by atoms with Crippen LogP contribution in [0.1, 0.15) is 17.8 Å². The number of aryl methyl sites for hydroxylation is 2. The number of methoxy groups -OCH3 is 1. The number of tetrazole rings is 1. The summed E-state index contributed by atoms with van der Waals surface area (Å²) in [5.74, 6) is 0.505. The second-order valence-corrected chi connectivity index (χ2v) is 8.10. The molecule has 0 aliphatic rings. The van der Waals surface area contributed by atoms with Crippen molar-refractivity contribution in [3.05, 3.63) is 83.9 Å². The van der Waals surface area contributed by atoms with Gasteiger partial charge in [0.05, 0.1) is 18.5 Å². The van der Waals surface area contributed by atoms with Crippen LogP contribution < -0.4 is 10.1 Å². The van der Waals surface area contributed by atoms with E-state index in [0.717, 1.165) is 33.5 Å². The van der Waals surface area contributed by atoms with Gasteiger partial charge in [-0.3, -0.25) is 4.79 Å². The summed E-state index contributed by atoms with van der Waals surface area (Å²) in [7, 11) is 1.63. The molecule has 0 fully saturated rings. The van der Waals surface area contributed by atoms with Gasteiger partial charge < -0.3 is 15.0 Å². The minimum absolute atomic E-state index is 0.0803. The Morgan fingerprint density at radius 2 is 1.91 bits per heavy atom. The molecule has 2 heterocycles. The van der Waals surface area contributed by atoms with Gasteiger partial charge >= 0.3 is 0 Å². The molecule has 8 nitrogen and oxygen atoms in total. The summed E-state index contributed by atoms with van der Waals surface area (Å²) < 4.78 is 21.2. The van der Waals surface area contributed by atoms with Crippen molar-refractivity contribution in [2.24, 2.45) is 0 Å². The lowest BCUT2D eigenvalue weighted by Gasteiger charge is -2.10. The molecule has 1 amide bonds. The molecule has 3 aromatic carbocycles. The van der Waals surface area contributed by atoms with Crippen molar-refractivity contribution >= 4 is 22.5 Å². The number of para-hydroxylation sites is 1. The van der Waals surface area contributed by atoms with E-state index < -0.39 is 5.82 Å². The number of amides is 1. The predicted octanol–water partition coefficient (Wildman–Crippen LogP) is 4.84. The number of nitrogens with zero attached hydrogens (tertiary/aromatic N) is 4. The highest BCUT2D eigenvalue weighted by molar-refractivity contribution is 5.94. The number of hydrogen-bond acceptors (Lipinski definition) is 5. The molecule has 5 aromatic rings. The number of nitrogens with one attached hydrogen (secondary N) is 2. The molecular weight excluding hydrogens is 447 g/mol. The maximum Gasteiger partial charge on any atom is 0.224 e. The molecule has 35 heavy (non-hydrogen) atoms. The Bertz CT molecular complexity index is 1510. The quantitative estimate of drug-likeness (QED) is 0.355. The summed E-state index contributed by atoms with van der Waals surface area (Å²) in [6.45, 7) is 1.74. The minimum Gasteiger partial charge on any atom is -0.497 e. The molecule has 0 aliphatic heterocycles. The SMILES string of the molecule is COc1ccc(-c2[nH]c3ccccc3c2CCC(=O)Nc2cc(-n3nnnc3C)ccc2F)cc1. The van der Waals surface area contributed by atoms with Crippen molar-refractivity contribution < 1.29 is 13.9 Å². The van der Waals surface area contributed by atoms with Crippen molar-refractivity contribution in [1.82, 2.24) is 25.2 Å². The van der Waals surface area contributed by atoms with Crippen LogP contribution >= 0.6 is 0 Å². The average Bonchev–Trinajstić information content (AvgIpc) is 3.47. The van der Waals surface area contributed by atoms with Gasteiger partial charge in [0.25, 0.3) is 0 Å². The van der Waals surface area contributed by atoms with E-state index in [1.807, 2.05) is 48.5 Å². The molecule has 2 N–H and O–H groups in total. The summed E-state index contributed by atoms with van der Waals surface area (Å²) in [4.78, 5) is 16.3. The third-order valence-electron chi connectivity index (χ3n) is 5.89. The molecule has 0 saturated carbocycles. The number of halogens is 1. The summed E-state index contributed by atoms with van der Waals surface area (Å²) in [6.07, 6.45) is 0.656. The van der Waals surface area contributed by atoms with Gasteiger partial charge in [0, 0.05) is 23.0 Å². The number of benzene rings is 3. The Balaban J connectivity index is 1.38. The van der Waals surface area contributed by atoms with E-state index in [0.29, 0.717) is 17.9 Å². The van der Waals surface area contributed by atoms with E-state index in [1.165, 1.54) is 16.8 Å². The van der Waals surface area contributed by atoms with Crippen LogP contribution in [0.5, 0.6) is 5.75 Å². The normalized spacial score (nSPS) is 11.1. The van der Waals surface area contributed by atoms with Crippen LogP contribution in [0.4, 0.5) is 10.1 Å². The molecule has 2 aromatic heterocycles. The maximum absolute atomic E-state index is 14.5. The lowest BCUT2D eigenvalue weighted by Crippen LogP contribution is -2.14. The van der Waals surface area contributed by atoms with Gasteiger partial charge in [0.1, 0.15) is 11.6 Å². The Morgan fingerprint density at radius 3 is 2.66 bits per heavy atom. The summed E-state index contributed by atoms with van der Waals surface area (Å²) in [5.41, 5.74) is 4.60. The molecule has 0 bridgehead atoms. The number of fused-ring (bicyclic) bond motifs is 1. The van der Waals surface area contributed by atoms with Gasteiger partial charge in [-0.1, -0.05) is 18.2 Å². The highest BCUT2D eigenvalue weighted by Crippen LogP contribution is 2.32. The molecule has 5 rings (SSSR count).